The molecule has 4 aliphatic carbocycles. The third kappa shape index (κ3) is 2.84. The third-order valence-electron chi connectivity index (χ3n) is 7.67. The molecule has 0 radical (unpaired) electrons. The lowest BCUT2D eigenvalue weighted by Gasteiger charge is -2.56. The van der Waals surface area contributed by atoms with Gasteiger partial charge in [-0.25, -0.2) is 4.98 Å². The number of carbonyl (C=O) groups excluding carboxylic acids is 1. The van der Waals surface area contributed by atoms with Gasteiger partial charge in [0.2, 0.25) is 0 Å². The van der Waals surface area contributed by atoms with Crippen molar-refractivity contribution in [2.24, 2.45) is 17.8 Å². The predicted octanol–water partition coefficient (Wildman–Crippen LogP) is 2.22. The average molecular weight is 371 g/mol. The number of carbonyl (C=O) groups is 1. The number of aromatic amines is 1. The van der Waals surface area contributed by atoms with Crippen molar-refractivity contribution in [2.75, 3.05) is 13.2 Å². The summed E-state index contributed by atoms with van der Waals surface area (Å²) in [4.78, 5) is 35.1. The Morgan fingerprint density at radius 1 is 1.22 bits per heavy atom. The van der Waals surface area contributed by atoms with Crippen molar-refractivity contribution < 1.29 is 9.90 Å². The van der Waals surface area contributed by atoms with Crippen LogP contribution in [-0.4, -0.2) is 45.1 Å². The Morgan fingerprint density at radius 2 is 1.89 bits per heavy atom. The van der Waals surface area contributed by atoms with Gasteiger partial charge in [-0.2, -0.15) is 0 Å². The molecule has 0 spiro atoms. The van der Waals surface area contributed by atoms with E-state index in [2.05, 4.69) is 9.97 Å². The summed E-state index contributed by atoms with van der Waals surface area (Å²) in [6.07, 6.45) is 11.4. The lowest BCUT2D eigenvalue weighted by Crippen LogP contribution is -2.50. The van der Waals surface area contributed by atoms with E-state index in [0.29, 0.717) is 13.0 Å². The van der Waals surface area contributed by atoms with E-state index in [0.717, 1.165) is 55.7 Å². The molecule has 1 aliphatic heterocycles. The second-order valence-corrected chi connectivity index (χ2v) is 9.48. The van der Waals surface area contributed by atoms with Crippen molar-refractivity contribution in [2.45, 2.75) is 69.2 Å². The minimum Gasteiger partial charge on any atom is -0.396 e. The summed E-state index contributed by atoms with van der Waals surface area (Å²) in [7, 11) is 0. The number of hydrogen-bond acceptors (Lipinski definition) is 4. The summed E-state index contributed by atoms with van der Waals surface area (Å²) < 4.78 is 0. The van der Waals surface area contributed by atoms with E-state index in [1.165, 1.54) is 25.5 Å². The molecule has 5 fully saturated rings. The molecule has 6 heteroatoms. The van der Waals surface area contributed by atoms with Crippen LogP contribution in [0.25, 0.3) is 0 Å². The number of H-pyrrole nitrogens is 1. The normalized spacial score (nSPS) is 37.1. The van der Waals surface area contributed by atoms with Gasteiger partial charge in [0, 0.05) is 30.8 Å². The molecule has 1 atom stereocenters. The number of aromatic nitrogens is 2. The maximum atomic E-state index is 12.9. The SMILES string of the molecule is O=C(c1cnc(C23CC4CC(CC(C4)C2)C3)[nH]c1=O)N1CCC[C@H]1CCO. The van der Waals surface area contributed by atoms with E-state index in [9.17, 15) is 14.7 Å². The summed E-state index contributed by atoms with van der Waals surface area (Å²) in [5.74, 6) is 2.93. The monoisotopic (exact) mass is 371 g/mol. The van der Waals surface area contributed by atoms with Gasteiger partial charge in [0.1, 0.15) is 11.4 Å². The maximum Gasteiger partial charge on any atom is 0.263 e. The fraction of sp³-hybridized carbons (Fsp3) is 0.762. The van der Waals surface area contributed by atoms with Crippen LogP contribution in [0.15, 0.2) is 11.0 Å². The summed E-state index contributed by atoms with van der Waals surface area (Å²) in [6.45, 7) is 0.716. The van der Waals surface area contributed by atoms with Crippen LogP contribution in [0.5, 0.6) is 0 Å². The van der Waals surface area contributed by atoms with Crippen molar-refractivity contribution in [3.05, 3.63) is 27.9 Å². The topological polar surface area (TPSA) is 86.3 Å². The van der Waals surface area contributed by atoms with Crippen molar-refractivity contribution in [3.63, 3.8) is 0 Å². The second-order valence-electron chi connectivity index (χ2n) is 9.48. The van der Waals surface area contributed by atoms with Crippen LogP contribution in [0.3, 0.4) is 0 Å². The van der Waals surface area contributed by atoms with E-state index >= 15 is 0 Å². The predicted molar refractivity (Wildman–Crippen MR) is 100 cm³/mol. The molecule has 2 N–H and O–H groups in total. The van der Waals surface area contributed by atoms with Crippen LogP contribution >= 0.6 is 0 Å². The highest BCUT2D eigenvalue weighted by Crippen LogP contribution is 2.59. The fourth-order valence-electron chi connectivity index (χ4n) is 6.92. The number of nitrogens with zero attached hydrogens (tertiary/aromatic N) is 2. The highest BCUT2D eigenvalue weighted by molar-refractivity contribution is 5.94. The number of aliphatic hydroxyl groups is 1. The number of hydrogen-bond donors (Lipinski definition) is 2. The van der Waals surface area contributed by atoms with E-state index < -0.39 is 0 Å². The minimum absolute atomic E-state index is 0.0303. The van der Waals surface area contributed by atoms with Crippen molar-refractivity contribution >= 4 is 5.91 Å². The standard InChI is InChI=1S/C21H29N3O3/c25-5-3-16-2-1-4-24(16)19(27)17-12-22-20(23-18(17)26)21-9-13-6-14(10-21)8-15(7-13)11-21/h12-16,25H,1-11H2,(H,22,23,26)/t13?,14?,15?,16-,21?/m0/s1. The van der Waals surface area contributed by atoms with Gasteiger partial charge < -0.3 is 15.0 Å². The Kier molecular flexibility index (Phi) is 4.15. The summed E-state index contributed by atoms with van der Waals surface area (Å²) in [6, 6.07) is 0.0322. The van der Waals surface area contributed by atoms with Gasteiger partial charge in [-0.1, -0.05) is 0 Å². The molecule has 0 unspecified atom stereocenters. The van der Waals surface area contributed by atoms with Crippen LogP contribution in [0.1, 0.15) is 74.0 Å². The fourth-order valence-corrected chi connectivity index (χ4v) is 6.92. The smallest absolute Gasteiger partial charge is 0.263 e. The van der Waals surface area contributed by atoms with Gasteiger partial charge in [0.25, 0.3) is 11.5 Å². The number of likely N-dealkylation sites (tertiary alicyclic amines) is 1. The molecule has 2 heterocycles. The molecule has 6 rings (SSSR count). The average Bonchev–Trinajstić information content (AvgIpc) is 3.08. The summed E-state index contributed by atoms with van der Waals surface area (Å²) in [5.41, 5.74) is -0.119. The number of nitrogens with one attached hydrogen (secondary N) is 1. The zero-order chi connectivity index (χ0) is 18.6. The highest BCUT2D eigenvalue weighted by Gasteiger charge is 2.53. The molecule has 146 valence electrons. The van der Waals surface area contributed by atoms with Gasteiger partial charge in [-0.15, -0.1) is 0 Å². The molecule has 0 aromatic carbocycles. The first-order valence-electron chi connectivity index (χ1n) is 10.6. The third-order valence-corrected chi connectivity index (χ3v) is 7.67. The van der Waals surface area contributed by atoms with Crippen LogP contribution in [0.4, 0.5) is 0 Å². The van der Waals surface area contributed by atoms with E-state index in [-0.39, 0.29) is 35.1 Å². The molecule has 1 amide bonds. The molecule has 6 nitrogen and oxygen atoms in total. The lowest BCUT2D eigenvalue weighted by molar-refractivity contribution is -0.00955. The Hall–Kier alpha value is -1.69. The molecule has 4 saturated carbocycles. The number of amides is 1. The molecular formula is C21H29N3O3. The van der Waals surface area contributed by atoms with Crippen molar-refractivity contribution in [1.29, 1.82) is 0 Å². The molecular weight excluding hydrogens is 342 g/mol. The van der Waals surface area contributed by atoms with Gasteiger partial charge in [-0.05, 0) is 75.5 Å². The van der Waals surface area contributed by atoms with E-state index in [1.807, 2.05) is 0 Å². The molecule has 5 aliphatic rings. The summed E-state index contributed by atoms with van der Waals surface area (Å²) >= 11 is 0. The molecule has 4 bridgehead atoms. The second kappa shape index (κ2) is 6.43. The largest absolute Gasteiger partial charge is 0.396 e. The van der Waals surface area contributed by atoms with Crippen LogP contribution in [0, 0.1) is 17.8 Å². The van der Waals surface area contributed by atoms with E-state index in [1.54, 1.807) is 4.90 Å². The van der Waals surface area contributed by atoms with Gasteiger partial charge in [0.15, 0.2) is 0 Å². The summed E-state index contributed by atoms with van der Waals surface area (Å²) in [5, 5.41) is 9.22. The van der Waals surface area contributed by atoms with Gasteiger partial charge >= 0.3 is 0 Å². The maximum absolute atomic E-state index is 12.9. The zero-order valence-corrected chi connectivity index (χ0v) is 15.8. The zero-order valence-electron chi connectivity index (χ0n) is 15.8. The van der Waals surface area contributed by atoms with Crippen LogP contribution in [0.2, 0.25) is 0 Å². The van der Waals surface area contributed by atoms with Crippen molar-refractivity contribution in [1.82, 2.24) is 14.9 Å². The number of rotatable bonds is 4. The van der Waals surface area contributed by atoms with Crippen LogP contribution < -0.4 is 5.56 Å². The first kappa shape index (κ1) is 17.4. The van der Waals surface area contributed by atoms with Gasteiger partial charge in [-0.3, -0.25) is 9.59 Å². The lowest BCUT2D eigenvalue weighted by atomic mass is 9.49. The first-order chi connectivity index (χ1) is 13.1. The number of aliphatic hydroxyl groups excluding tert-OH is 1. The molecule has 1 aromatic rings. The van der Waals surface area contributed by atoms with Crippen LogP contribution in [-0.2, 0) is 5.41 Å². The Labute approximate surface area is 159 Å². The highest BCUT2D eigenvalue weighted by atomic mass is 16.3. The Morgan fingerprint density at radius 3 is 2.48 bits per heavy atom. The first-order valence-corrected chi connectivity index (χ1v) is 10.6. The Bertz CT molecular complexity index is 767. The molecule has 1 saturated heterocycles. The Balaban J connectivity index is 1.41. The molecule has 27 heavy (non-hydrogen) atoms. The molecule has 1 aromatic heterocycles. The minimum atomic E-state index is -0.296. The van der Waals surface area contributed by atoms with Crippen molar-refractivity contribution in [3.8, 4) is 0 Å². The van der Waals surface area contributed by atoms with E-state index in [4.69, 9.17) is 0 Å². The van der Waals surface area contributed by atoms with Gasteiger partial charge in [0.05, 0.1) is 0 Å². The quantitative estimate of drug-likeness (QED) is 0.850.